The Labute approximate surface area is 164 Å². The molecular weight excluding hydrogens is 392 g/mol. The molecule has 2 aromatic rings. The maximum Gasteiger partial charge on any atom is 0.417 e. The molecule has 1 amide bonds. The number of hydrogen-bond acceptors (Lipinski definition) is 4. The molecule has 0 spiro atoms. The number of benzene rings is 1. The standard InChI is InChI=1S/C20H18F4N2O3/c1-28-18-13(3-2-4-14(18)21)19(27)26-10-11-7-15(26)16(8-11)29-17-6-5-12(9-25-17)20(22,23)24/h2-6,9,11,15-16H,7-8,10H2,1H3/t11-,15+,16-/m1/s1. The van der Waals surface area contributed by atoms with Crippen LogP contribution in [0.15, 0.2) is 36.5 Å². The number of amides is 1. The van der Waals surface area contributed by atoms with Gasteiger partial charge >= 0.3 is 6.18 Å². The van der Waals surface area contributed by atoms with E-state index in [1.165, 1.54) is 31.4 Å². The Bertz CT molecular complexity index is 917. The van der Waals surface area contributed by atoms with Gasteiger partial charge in [-0.05, 0) is 37.0 Å². The molecule has 2 bridgehead atoms. The van der Waals surface area contributed by atoms with Crippen molar-refractivity contribution in [2.24, 2.45) is 5.92 Å². The van der Waals surface area contributed by atoms with Crippen molar-refractivity contribution >= 4 is 5.91 Å². The summed E-state index contributed by atoms with van der Waals surface area (Å²) in [5.74, 6) is -0.802. The molecule has 2 heterocycles. The molecule has 0 radical (unpaired) electrons. The lowest BCUT2D eigenvalue weighted by Gasteiger charge is -2.33. The molecule has 2 fully saturated rings. The fourth-order valence-electron chi connectivity index (χ4n) is 4.14. The number of methoxy groups -OCH3 is 1. The number of rotatable bonds is 4. The minimum absolute atomic E-state index is 0.0753. The van der Waals surface area contributed by atoms with Gasteiger partial charge in [0, 0.05) is 18.8 Å². The number of piperidine rings is 1. The highest BCUT2D eigenvalue weighted by molar-refractivity contribution is 5.97. The SMILES string of the molecule is COc1c(F)cccc1C(=O)N1C[C@H]2C[C@@H](Oc3ccc(C(F)(F)F)cn3)[C@@H]1C2. The van der Waals surface area contributed by atoms with E-state index < -0.39 is 17.6 Å². The first kappa shape index (κ1) is 19.5. The van der Waals surface area contributed by atoms with Gasteiger partial charge in [0.2, 0.25) is 5.88 Å². The van der Waals surface area contributed by atoms with Gasteiger partial charge < -0.3 is 14.4 Å². The predicted molar refractivity (Wildman–Crippen MR) is 94.2 cm³/mol. The number of carbonyl (C=O) groups is 1. The van der Waals surface area contributed by atoms with E-state index >= 15 is 0 Å². The molecule has 1 saturated carbocycles. The molecule has 154 valence electrons. The van der Waals surface area contributed by atoms with E-state index in [0.717, 1.165) is 12.3 Å². The van der Waals surface area contributed by atoms with Gasteiger partial charge in [-0.25, -0.2) is 9.37 Å². The van der Waals surface area contributed by atoms with Crippen molar-refractivity contribution in [1.29, 1.82) is 0 Å². The Morgan fingerprint density at radius 3 is 2.62 bits per heavy atom. The van der Waals surface area contributed by atoms with Crippen LogP contribution in [-0.2, 0) is 6.18 Å². The molecule has 3 atom stereocenters. The second kappa shape index (κ2) is 7.20. The van der Waals surface area contributed by atoms with Crippen LogP contribution in [-0.4, -0.2) is 41.6 Å². The zero-order valence-electron chi connectivity index (χ0n) is 15.4. The third-order valence-corrected chi connectivity index (χ3v) is 5.42. The molecule has 5 nitrogen and oxygen atoms in total. The number of halogens is 4. The van der Waals surface area contributed by atoms with Gasteiger partial charge in [-0.15, -0.1) is 0 Å². The van der Waals surface area contributed by atoms with Crippen LogP contribution in [0.4, 0.5) is 17.6 Å². The second-order valence-corrected chi connectivity index (χ2v) is 7.22. The number of carbonyl (C=O) groups excluding carboxylic acids is 1. The predicted octanol–water partition coefficient (Wildman–Crippen LogP) is 3.93. The lowest BCUT2D eigenvalue weighted by atomic mass is 10.1. The Morgan fingerprint density at radius 1 is 1.21 bits per heavy atom. The van der Waals surface area contributed by atoms with Crippen molar-refractivity contribution in [3.05, 3.63) is 53.5 Å². The van der Waals surface area contributed by atoms with Crippen LogP contribution in [0.3, 0.4) is 0 Å². The lowest BCUT2D eigenvalue weighted by Crippen LogP contribution is -2.47. The highest BCUT2D eigenvalue weighted by Gasteiger charge is 2.49. The summed E-state index contributed by atoms with van der Waals surface area (Å²) >= 11 is 0. The quantitative estimate of drug-likeness (QED) is 0.717. The first-order valence-electron chi connectivity index (χ1n) is 9.11. The minimum atomic E-state index is -4.47. The molecule has 1 aromatic carbocycles. The monoisotopic (exact) mass is 410 g/mol. The number of para-hydroxylation sites is 1. The van der Waals surface area contributed by atoms with E-state index in [2.05, 4.69) is 4.98 Å². The molecular formula is C20H18F4N2O3. The van der Waals surface area contributed by atoms with Gasteiger partial charge in [0.05, 0.1) is 24.3 Å². The van der Waals surface area contributed by atoms with E-state index in [1.54, 1.807) is 4.90 Å². The first-order valence-corrected chi connectivity index (χ1v) is 9.11. The molecule has 2 aliphatic rings. The van der Waals surface area contributed by atoms with Gasteiger partial charge in [0.25, 0.3) is 5.91 Å². The first-order chi connectivity index (χ1) is 13.8. The summed E-state index contributed by atoms with van der Waals surface area (Å²) in [6.45, 7) is 0.517. The molecule has 1 aliphatic heterocycles. The molecule has 4 rings (SSSR count). The lowest BCUT2D eigenvalue weighted by molar-refractivity contribution is -0.137. The fourth-order valence-corrected chi connectivity index (χ4v) is 4.14. The highest BCUT2D eigenvalue weighted by Crippen LogP contribution is 2.41. The number of hydrogen-bond donors (Lipinski definition) is 0. The highest BCUT2D eigenvalue weighted by atomic mass is 19.4. The molecule has 0 N–H and O–H groups in total. The van der Waals surface area contributed by atoms with Gasteiger partial charge in [-0.1, -0.05) is 6.07 Å². The van der Waals surface area contributed by atoms with Gasteiger partial charge in [-0.2, -0.15) is 13.2 Å². The van der Waals surface area contributed by atoms with Crippen LogP contribution in [0.5, 0.6) is 11.6 Å². The number of nitrogens with zero attached hydrogens (tertiary/aromatic N) is 2. The maximum atomic E-state index is 14.0. The van der Waals surface area contributed by atoms with Crippen LogP contribution >= 0.6 is 0 Å². The van der Waals surface area contributed by atoms with E-state index in [1.807, 2.05) is 0 Å². The topological polar surface area (TPSA) is 51.7 Å². The van der Waals surface area contributed by atoms with E-state index in [4.69, 9.17) is 9.47 Å². The number of ether oxygens (including phenoxy) is 2. The summed E-state index contributed by atoms with van der Waals surface area (Å²) in [5.41, 5.74) is -0.723. The zero-order valence-corrected chi connectivity index (χ0v) is 15.4. The largest absolute Gasteiger partial charge is 0.493 e. The third kappa shape index (κ3) is 3.61. The Kier molecular flexibility index (Phi) is 4.84. The molecule has 0 unspecified atom stereocenters. The van der Waals surface area contributed by atoms with Crippen molar-refractivity contribution in [3.8, 4) is 11.6 Å². The summed E-state index contributed by atoms with van der Waals surface area (Å²) in [7, 11) is 1.30. The van der Waals surface area contributed by atoms with Crippen molar-refractivity contribution in [2.45, 2.75) is 31.2 Å². The fraction of sp³-hybridized carbons (Fsp3) is 0.400. The number of pyridine rings is 1. The van der Waals surface area contributed by atoms with Gasteiger partial charge in [-0.3, -0.25) is 4.79 Å². The number of alkyl halides is 3. The summed E-state index contributed by atoms with van der Waals surface area (Å²) in [4.78, 5) is 18.4. The van der Waals surface area contributed by atoms with E-state index in [-0.39, 0.29) is 41.2 Å². The molecule has 9 heteroatoms. The van der Waals surface area contributed by atoms with E-state index in [9.17, 15) is 22.4 Å². The smallest absolute Gasteiger partial charge is 0.417 e. The number of aromatic nitrogens is 1. The zero-order chi connectivity index (χ0) is 20.8. The van der Waals surface area contributed by atoms with Crippen LogP contribution in [0, 0.1) is 11.7 Å². The van der Waals surface area contributed by atoms with Crippen LogP contribution in [0.1, 0.15) is 28.8 Å². The van der Waals surface area contributed by atoms with Crippen LogP contribution in [0.25, 0.3) is 0 Å². The summed E-state index contributed by atoms with van der Waals surface area (Å²) in [6.07, 6.45) is -2.73. The molecule has 1 aromatic heterocycles. The average molecular weight is 410 g/mol. The van der Waals surface area contributed by atoms with Crippen molar-refractivity contribution < 1.29 is 31.8 Å². The third-order valence-electron chi connectivity index (χ3n) is 5.42. The van der Waals surface area contributed by atoms with E-state index in [0.29, 0.717) is 19.4 Å². The molecule has 1 saturated heterocycles. The Morgan fingerprint density at radius 2 is 2.00 bits per heavy atom. The maximum absolute atomic E-state index is 14.0. The van der Waals surface area contributed by atoms with Crippen molar-refractivity contribution in [2.75, 3.05) is 13.7 Å². The summed E-state index contributed by atoms with van der Waals surface area (Å²) in [5, 5.41) is 0. The summed E-state index contributed by atoms with van der Waals surface area (Å²) < 4.78 is 62.8. The number of fused-ring (bicyclic) bond motifs is 2. The molecule has 29 heavy (non-hydrogen) atoms. The van der Waals surface area contributed by atoms with Crippen LogP contribution < -0.4 is 9.47 Å². The summed E-state index contributed by atoms with van der Waals surface area (Å²) in [6, 6.07) is 5.99. The van der Waals surface area contributed by atoms with Gasteiger partial charge in [0.1, 0.15) is 6.10 Å². The van der Waals surface area contributed by atoms with Crippen molar-refractivity contribution in [1.82, 2.24) is 9.88 Å². The second-order valence-electron chi connectivity index (χ2n) is 7.22. The molecule has 1 aliphatic carbocycles. The number of likely N-dealkylation sites (tertiary alicyclic amines) is 1. The minimum Gasteiger partial charge on any atom is -0.493 e. The Hall–Kier alpha value is -2.84. The normalized spacial score (nSPS) is 23.3. The van der Waals surface area contributed by atoms with Crippen LogP contribution in [0.2, 0.25) is 0 Å². The van der Waals surface area contributed by atoms with Gasteiger partial charge in [0.15, 0.2) is 11.6 Å². The van der Waals surface area contributed by atoms with Crippen molar-refractivity contribution in [3.63, 3.8) is 0 Å². The Balaban J connectivity index is 1.50. The average Bonchev–Trinajstić information content (AvgIpc) is 3.27.